The minimum Gasteiger partial charge on any atom is -0.489 e. The van der Waals surface area contributed by atoms with E-state index in [0.717, 1.165) is 18.6 Å². The quantitative estimate of drug-likeness (QED) is 0.889. The van der Waals surface area contributed by atoms with E-state index >= 15 is 0 Å². The molecule has 0 saturated heterocycles. The average Bonchev–Trinajstić information content (AvgIpc) is 2.34. The number of rotatable bonds is 3. The van der Waals surface area contributed by atoms with Crippen LogP contribution < -0.4 is 10.5 Å². The van der Waals surface area contributed by atoms with Crippen LogP contribution in [0.4, 0.5) is 0 Å². The van der Waals surface area contributed by atoms with Crippen LogP contribution in [0.15, 0.2) is 24.3 Å². The Balaban J connectivity index is 2.09. The number of hydrogen-bond acceptors (Lipinski definition) is 2. The smallest absolute Gasteiger partial charge is 0.120 e. The van der Waals surface area contributed by atoms with Gasteiger partial charge < -0.3 is 10.5 Å². The van der Waals surface area contributed by atoms with Crippen molar-refractivity contribution in [3.05, 3.63) is 29.8 Å². The minimum absolute atomic E-state index is 0.145. The largest absolute Gasteiger partial charge is 0.489 e. The summed E-state index contributed by atoms with van der Waals surface area (Å²) in [5, 5.41) is 0. The fourth-order valence-corrected chi connectivity index (χ4v) is 2.79. The molecule has 2 N–H and O–H groups in total. The number of benzene rings is 1. The molecule has 2 heteroatoms. The summed E-state index contributed by atoms with van der Waals surface area (Å²) < 4.78 is 6.17. The summed E-state index contributed by atoms with van der Waals surface area (Å²) >= 11 is 0. The number of ether oxygens (including phenoxy) is 1. The third-order valence-electron chi connectivity index (χ3n) is 4.20. The minimum atomic E-state index is 0.145. The van der Waals surface area contributed by atoms with Crippen molar-refractivity contribution in [1.82, 2.24) is 0 Å². The highest BCUT2D eigenvalue weighted by molar-refractivity contribution is 5.30. The molecule has 0 heterocycles. The highest BCUT2D eigenvalue weighted by Gasteiger charge is 2.34. The second kappa shape index (κ2) is 5.54. The zero-order chi connectivity index (χ0) is 14.0. The highest BCUT2D eigenvalue weighted by Crippen LogP contribution is 2.36. The lowest BCUT2D eigenvalue weighted by molar-refractivity contribution is 0.0668. The normalized spacial score (nSPS) is 26.4. The summed E-state index contributed by atoms with van der Waals surface area (Å²) in [6, 6.07) is 8.58. The van der Waals surface area contributed by atoms with Crippen LogP contribution in [-0.4, -0.2) is 12.1 Å². The van der Waals surface area contributed by atoms with E-state index in [1.807, 2.05) is 6.07 Å². The highest BCUT2D eigenvalue weighted by atomic mass is 16.5. The van der Waals surface area contributed by atoms with E-state index < -0.39 is 0 Å². The fraction of sp³-hybridized carbons (Fsp3) is 0.647. The molecule has 2 nitrogen and oxygen atoms in total. The molecule has 0 aromatic heterocycles. The van der Waals surface area contributed by atoms with Gasteiger partial charge in [-0.1, -0.05) is 39.8 Å². The molecule has 1 fully saturated rings. The van der Waals surface area contributed by atoms with Crippen LogP contribution in [-0.2, 0) is 0 Å². The van der Waals surface area contributed by atoms with Gasteiger partial charge in [0, 0.05) is 6.04 Å². The zero-order valence-corrected chi connectivity index (χ0v) is 12.6. The maximum atomic E-state index is 6.22. The molecule has 19 heavy (non-hydrogen) atoms. The Labute approximate surface area is 117 Å². The van der Waals surface area contributed by atoms with E-state index in [1.165, 1.54) is 12.0 Å². The molecular weight excluding hydrogens is 234 g/mol. The Morgan fingerprint density at radius 3 is 2.74 bits per heavy atom. The van der Waals surface area contributed by atoms with Crippen molar-refractivity contribution >= 4 is 0 Å². The van der Waals surface area contributed by atoms with E-state index in [0.29, 0.717) is 11.3 Å². The summed E-state index contributed by atoms with van der Waals surface area (Å²) in [6.07, 6.45) is 3.44. The van der Waals surface area contributed by atoms with E-state index in [9.17, 15) is 0 Å². The van der Waals surface area contributed by atoms with Gasteiger partial charge in [0.2, 0.25) is 0 Å². The van der Waals surface area contributed by atoms with Crippen LogP contribution in [0.5, 0.6) is 5.75 Å². The lowest BCUT2D eigenvalue weighted by Gasteiger charge is -2.39. The van der Waals surface area contributed by atoms with Crippen molar-refractivity contribution in [3.63, 3.8) is 0 Å². The van der Waals surface area contributed by atoms with E-state index in [4.69, 9.17) is 10.5 Å². The molecule has 106 valence electrons. The maximum Gasteiger partial charge on any atom is 0.120 e. The Bertz CT molecular complexity index is 425. The molecule has 1 saturated carbocycles. The summed E-state index contributed by atoms with van der Waals surface area (Å²) in [7, 11) is 0. The van der Waals surface area contributed by atoms with Gasteiger partial charge >= 0.3 is 0 Å². The van der Waals surface area contributed by atoms with Crippen LogP contribution >= 0.6 is 0 Å². The first-order chi connectivity index (χ1) is 8.87. The van der Waals surface area contributed by atoms with Gasteiger partial charge in [0.1, 0.15) is 11.9 Å². The predicted molar refractivity (Wildman–Crippen MR) is 80.6 cm³/mol. The van der Waals surface area contributed by atoms with Gasteiger partial charge in [-0.3, -0.25) is 0 Å². The van der Waals surface area contributed by atoms with Crippen LogP contribution in [0.1, 0.15) is 58.4 Å². The third-order valence-corrected chi connectivity index (χ3v) is 4.20. The van der Waals surface area contributed by atoms with Crippen LogP contribution in [0.2, 0.25) is 0 Å². The third kappa shape index (κ3) is 3.73. The molecule has 0 spiro atoms. The monoisotopic (exact) mass is 261 g/mol. The van der Waals surface area contributed by atoms with Crippen molar-refractivity contribution in [2.24, 2.45) is 11.1 Å². The van der Waals surface area contributed by atoms with Gasteiger partial charge in [-0.25, -0.2) is 0 Å². The van der Waals surface area contributed by atoms with Gasteiger partial charge in [0.25, 0.3) is 0 Å². The molecule has 0 amide bonds. The summed E-state index contributed by atoms with van der Waals surface area (Å²) in [5.74, 6) is 1.49. The van der Waals surface area contributed by atoms with E-state index in [1.54, 1.807) is 0 Å². The molecule has 1 aliphatic rings. The predicted octanol–water partition coefficient (Wildman–Crippen LogP) is 4.09. The summed E-state index contributed by atoms with van der Waals surface area (Å²) in [5.41, 5.74) is 7.88. The van der Waals surface area contributed by atoms with Gasteiger partial charge in [-0.05, 0) is 48.3 Å². The van der Waals surface area contributed by atoms with Crippen LogP contribution in [0.25, 0.3) is 0 Å². The maximum absolute atomic E-state index is 6.22. The SMILES string of the molecule is CC(C)c1cccc(OC2CC(C)(C)CCC2N)c1. The Morgan fingerprint density at radius 2 is 2.05 bits per heavy atom. The van der Waals surface area contributed by atoms with Gasteiger partial charge in [-0.15, -0.1) is 0 Å². The first-order valence-electron chi connectivity index (χ1n) is 7.39. The Kier molecular flexibility index (Phi) is 4.19. The number of nitrogens with two attached hydrogens (primary N) is 1. The topological polar surface area (TPSA) is 35.2 Å². The average molecular weight is 261 g/mol. The van der Waals surface area contributed by atoms with Crippen molar-refractivity contribution < 1.29 is 4.74 Å². The molecule has 2 unspecified atom stereocenters. The van der Waals surface area contributed by atoms with E-state index in [-0.39, 0.29) is 12.1 Å². The fourth-order valence-electron chi connectivity index (χ4n) is 2.79. The molecule has 0 bridgehead atoms. The molecule has 0 radical (unpaired) electrons. The van der Waals surface area contributed by atoms with Gasteiger partial charge in [0.05, 0.1) is 0 Å². The molecule has 1 aromatic carbocycles. The lowest BCUT2D eigenvalue weighted by Crippen LogP contribution is -2.46. The van der Waals surface area contributed by atoms with Gasteiger partial charge in [-0.2, -0.15) is 0 Å². The summed E-state index contributed by atoms with van der Waals surface area (Å²) in [4.78, 5) is 0. The molecule has 2 atom stereocenters. The van der Waals surface area contributed by atoms with Crippen molar-refractivity contribution in [3.8, 4) is 5.75 Å². The summed E-state index contributed by atoms with van der Waals surface area (Å²) in [6.45, 7) is 9.02. The Morgan fingerprint density at radius 1 is 1.32 bits per heavy atom. The Hall–Kier alpha value is -1.02. The van der Waals surface area contributed by atoms with Gasteiger partial charge in [0.15, 0.2) is 0 Å². The van der Waals surface area contributed by atoms with Crippen molar-refractivity contribution in [1.29, 1.82) is 0 Å². The first-order valence-corrected chi connectivity index (χ1v) is 7.39. The molecule has 0 aliphatic heterocycles. The molecule has 2 rings (SSSR count). The standard InChI is InChI=1S/C17H27NO/c1-12(2)13-6-5-7-14(10-13)19-16-11-17(3,4)9-8-15(16)18/h5-7,10,12,15-16H,8-9,11,18H2,1-4H3. The zero-order valence-electron chi connectivity index (χ0n) is 12.6. The van der Waals surface area contributed by atoms with Crippen molar-refractivity contribution in [2.75, 3.05) is 0 Å². The molecular formula is C17H27NO. The number of hydrogen-bond donors (Lipinski definition) is 1. The second-order valence-corrected chi connectivity index (χ2v) is 6.95. The van der Waals surface area contributed by atoms with Crippen LogP contribution in [0.3, 0.4) is 0 Å². The first kappa shape index (κ1) is 14.4. The van der Waals surface area contributed by atoms with Crippen LogP contribution in [0, 0.1) is 5.41 Å². The molecule has 1 aliphatic carbocycles. The van der Waals surface area contributed by atoms with Crippen molar-refractivity contribution in [2.45, 2.75) is 65.0 Å². The second-order valence-electron chi connectivity index (χ2n) is 6.95. The molecule has 1 aromatic rings. The van der Waals surface area contributed by atoms with E-state index in [2.05, 4.69) is 45.9 Å². The lowest BCUT2D eigenvalue weighted by atomic mass is 9.74.